The van der Waals surface area contributed by atoms with Gasteiger partial charge in [0.05, 0.1) is 12.8 Å². The average molecular weight is 466 g/mol. The number of hydrogen-bond acceptors (Lipinski definition) is 5. The highest BCUT2D eigenvalue weighted by molar-refractivity contribution is 6.39. The minimum atomic E-state index is -0.882. The summed E-state index contributed by atoms with van der Waals surface area (Å²) < 4.78 is 11.3. The standard InChI is InChI=1S/C25H24ClN3O4/c1-2-14-32-22-12-10-21(11-13-22)28-24(30)25(31)29-27-16-19-4-3-5-23(15-19)33-17-18-6-8-20(26)9-7-18/h3-13,15-16H,2,14,17H2,1H3,(H,28,30)(H,29,31)/b27-16-. The first kappa shape index (κ1) is 23.8. The summed E-state index contributed by atoms with van der Waals surface area (Å²) in [7, 11) is 0. The van der Waals surface area contributed by atoms with E-state index in [1.165, 1.54) is 6.21 Å². The van der Waals surface area contributed by atoms with Crippen molar-refractivity contribution in [2.75, 3.05) is 11.9 Å². The fourth-order valence-corrected chi connectivity index (χ4v) is 2.82. The third-order valence-corrected chi connectivity index (χ3v) is 4.60. The molecule has 0 atom stereocenters. The zero-order valence-electron chi connectivity index (χ0n) is 18.1. The predicted molar refractivity (Wildman–Crippen MR) is 129 cm³/mol. The molecule has 33 heavy (non-hydrogen) atoms. The van der Waals surface area contributed by atoms with Crippen molar-refractivity contribution < 1.29 is 19.1 Å². The molecular formula is C25H24ClN3O4. The lowest BCUT2D eigenvalue weighted by Gasteiger charge is -2.07. The van der Waals surface area contributed by atoms with E-state index in [0.29, 0.717) is 41.0 Å². The molecule has 0 aromatic heterocycles. The number of anilines is 1. The number of hydrogen-bond donors (Lipinski definition) is 2. The molecule has 0 spiro atoms. The summed E-state index contributed by atoms with van der Waals surface area (Å²) in [5, 5.41) is 7.02. The minimum Gasteiger partial charge on any atom is -0.494 e. The second kappa shape index (κ2) is 12.3. The average Bonchev–Trinajstić information content (AvgIpc) is 2.83. The van der Waals surface area contributed by atoms with Gasteiger partial charge >= 0.3 is 11.8 Å². The highest BCUT2D eigenvalue weighted by Crippen LogP contribution is 2.17. The molecule has 2 amide bonds. The molecule has 0 aliphatic carbocycles. The van der Waals surface area contributed by atoms with Crippen LogP contribution >= 0.6 is 11.6 Å². The summed E-state index contributed by atoms with van der Waals surface area (Å²) >= 11 is 5.89. The molecule has 2 N–H and O–H groups in total. The van der Waals surface area contributed by atoms with Crippen LogP contribution in [0.4, 0.5) is 5.69 Å². The van der Waals surface area contributed by atoms with Crippen LogP contribution in [-0.4, -0.2) is 24.6 Å². The summed E-state index contributed by atoms with van der Waals surface area (Å²) in [4.78, 5) is 24.1. The molecule has 0 heterocycles. The van der Waals surface area contributed by atoms with E-state index in [0.717, 1.165) is 12.0 Å². The van der Waals surface area contributed by atoms with Gasteiger partial charge in [0, 0.05) is 10.7 Å². The first-order chi connectivity index (χ1) is 16.0. The van der Waals surface area contributed by atoms with E-state index in [9.17, 15) is 9.59 Å². The van der Waals surface area contributed by atoms with E-state index in [2.05, 4.69) is 15.8 Å². The van der Waals surface area contributed by atoms with Crippen molar-refractivity contribution >= 4 is 35.3 Å². The predicted octanol–water partition coefficient (Wildman–Crippen LogP) is 4.80. The maximum absolute atomic E-state index is 12.1. The number of ether oxygens (including phenoxy) is 2. The lowest BCUT2D eigenvalue weighted by molar-refractivity contribution is -0.136. The van der Waals surface area contributed by atoms with E-state index in [1.807, 2.05) is 25.1 Å². The fourth-order valence-electron chi connectivity index (χ4n) is 2.69. The van der Waals surface area contributed by atoms with Gasteiger partial charge < -0.3 is 14.8 Å². The van der Waals surface area contributed by atoms with Gasteiger partial charge in [-0.2, -0.15) is 5.10 Å². The molecule has 3 aromatic rings. The van der Waals surface area contributed by atoms with E-state index in [4.69, 9.17) is 21.1 Å². The largest absolute Gasteiger partial charge is 0.494 e. The second-order valence-corrected chi connectivity index (χ2v) is 7.45. The molecule has 0 unspecified atom stereocenters. The number of amides is 2. The third-order valence-electron chi connectivity index (χ3n) is 4.35. The van der Waals surface area contributed by atoms with E-state index in [1.54, 1.807) is 54.6 Å². The van der Waals surface area contributed by atoms with Crippen LogP contribution < -0.4 is 20.2 Å². The summed E-state index contributed by atoms with van der Waals surface area (Å²) in [6, 6.07) is 21.4. The van der Waals surface area contributed by atoms with Gasteiger partial charge in [-0.1, -0.05) is 42.8 Å². The molecule has 0 saturated heterocycles. The maximum Gasteiger partial charge on any atom is 0.329 e. The van der Waals surface area contributed by atoms with Gasteiger partial charge in [0.2, 0.25) is 0 Å². The quantitative estimate of drug-likeness (QED) is 0.270. The summed E-state index contributed by atoms with van der Waals surface area (Å²) in [6.07, 6.45) is 2.33. The van der Waals surface area contributed by atoms with Crippen LogP contribution in [0, 0.1) is 0 Å². The van der Waals surface area contributed by atoms with Crippen LogP contribution in [0.5, 0.6) is 11.5 Å². The van der Waals surface area contributed by atoms with Crippen molar-refractivity contribution in [1.82, 2.24) is 5.43 Å². The lowest BCUT2D eigenvalue weighted by atomic mass is 10.2. The van der Waals surface area contributed by atoms with Crippen LogP contribution in [-0.2, 0) is 16.2 Å². The van der Waals surface area contributed by atoms with Crippen molar-refractivity contribution in [3.05, 3.63) is 88.9 Å². The molecule has 3 aromatic carbocycles. The van der Waals surface area contributed by atoms with Gasteiger partial charge in [0.15, 0.2) is 0 Å². The molecular weight excluding hydrogens is 442 g/mol. The number of carbonyl (C=O) groups excluding carboxylic acids is 2. The van der Waals surface area contributed by atoms with Gasteiger partial charge in [-0.05, 0) is 66.1 Å². The topological polar surface area (TPSA) is 89.0 Å². The summed E-state index contributed by atoms with van der Waals surface area (Å²) in [6.45, 7) is 3.02. The number of hydrazone groups is 1. The Bertz CT molecular complexity index is 1100. The smallest absolute Gasteiger partial charge is 0.329 e. The van der Waals surface area contributed by atoms with Gasteiger partial charge in [0.1, 0.15) is 18.1 Å². The Morgan fingerprint density at radius 2 is 1.70 bits per heavy atom. The first-order valence-electron chi connectivity index (χ1n) is 10.4. The fraction of sp³-hybridized carbons (Fsp3) is 0.160. The first-order valence-corrected chi connectivity index (χ1v) is 10.8. The molecule has 7 nitrogen and oxygen atoms in total. The molecule has 170 valence electrons. The summed E-state index contributed by atoms with van der Waals surface area (Å²) in [5.74, 6) is -0.366. The zero-order valence-corrected chi connectivity index (χ0v) is 18.8. The molecule has 0 bridgehead atoms. The monoisotopic (exact) mass is 465 g/mol. The number of nitrogens with zero attached hydrogens (tertiary/aromatic N) is 1. The Balaban J connectivity index is 1.47. The van der Waals surface area contributed by atoms with Gasteiger partial charge in [0.25, 0.3) is 0 Å². The van der Waals surface area contributed by atoms with Gasteiger partial charge in [-0.25, -0.2) is 5.43 Å². The molecule has 0 saturated carbocycles. The van der Waals surface area contributed by atoms with Gasteiger partial charge in [-0.3, -0.25) is 9.59 Å². The number of benzene rings is 3. The van der Waals surface area contributed by atoms with E-state index < -0.39 is 11.8 Å². The molecule has 0 aliphatic heterocycles. The molecule has 3 rings (SSSR count). The maximum atomic E-state index is 12.1. The lowest BCUT2D eigenvalue weighted by Crippen LogP contribution is -2.32. The SMILES string of the molecule is CCCOc1ccc(NC(=O)C(=O)N/N=C\c2cccc(OCc3ccc(Cl)cc3)c2)cc1. The molecule has 8 heteroatoms. The second-order valence-electron chi connectivity index (χ2n) is 7.01. The van der Waals surface area contributed by atoms with Crippen molar-refractivity contribution in [3.63, 3.8) is 0 Å². The Hall–Kier alpha value is -3.84. The third kappa shape index (κ3) is 7.97. The van der Waals surface area contributed by atoms with Crippen molar-refractivity contribution in [1.29, 1.82) is 0 Å². The number of nitrogens with one attached hydrogen (secondary N) is 2. The van der Waals surface area contributed by atoms with E-state index >= 15 is 0 Å². The van der Waals surface area contributed by atoms with Crippen molar-refractivity contribution in [2.24, 2.45) is 5.10 Å². The number of halogens is 1. The van der Waals surface area contributed by atoms with Crippen LogP contribution in [0.15, 0.2) is 77.9 Å². The minimum absolute atomic E-state index is 0.389. The van der Waals surface area contributed by atoms with Crippen LogP contribution in [0.2, 0.25) is 5.02 Å². The Kier molecular flexibility index (Phi) is 8.85. The van der Waals surface area contributed by atoms with Crippen molar-refractivity contribution in [3.8, 4) is 11.5 Å². The number of rotatable bonds is 9. The number of carbonyl (C=O) groups is 2. The van der Waals surface area contributed by atoms with Gasteiger partial charge in [-0.15, -0.1) is 0 Å². The van der Waals surface area contributed by atoms with Crippen LogP contribution in [0.1, 0.15) is 24.5 Å². The van der Waals surface area contributed by atoms with Crippen LogP contribution in [0.25, 0.3) is 0 Å². The van der Waals surface area contributed by atoms with E-state index in [-0.39, 0.29) is 0 Å². The molecule has 0 radical (unpaired) electrons. The molecule has 0 fully saturated rings. The molecule has 0 aliphatic rings. The Labute approximate surface area is 197 Å². The normalized spacial score (nSPS) is 10.6. The summed E-state index contributed by atoms with van der Waals surface area (Å²) in [5.41, 5.74) is 4.38. The van der Waals surface area contributed by atoms with Crippen LogP contribution in [0.3, 0.4) is 0 Å². The highest BCUT2D eigenvalue weighted by atomic mass is 35.5. The van der Waals surface area contributed by atoms with Crippen molar-refractivity contribution in [2.45, 2.75) is 20.0 Å². The Morgan fingerprint density at radius 1 is 0.939 bits per heavy atom. The zero-order chi connectivity index (χ0) is 23.5. The highest BCUT2D eigenvalue weighted by Gasteiger charge is 2.12. The Morgan fingerprint density at radius 3 is 2.42 bits per heavy atom.